The van der Waals surface area contributed by atoms with E-state index in [1.807, 2.05) is 6.08 Å². The first-order chi connectivity index (χ1) is 14.5. The van der Waals surface area contributed by atoms with Crippen molar-refractivity contribution in [3.8, 4) is 0 Å². The van der Waals surface area contributed by atoms with Crippen molar-refractivity contribution in [1.29, 1.82) is 0 Å². The standard InChI is InChI=1S/C28H46O3/c1-18(2)19(3)9-10-20(4)24-13-14-25-22(8-7-15-27(24,25)6)16-26(30)28(31)17-23(29)12-11-21(28)5/h9-10,16,18-20,23-26,29-31H,5,7-8,11-15,17H2,1-4,6H3/b10-9+,22-16+. The fourth-order valence-electron chi connectivity index (χ4n) is 6.68. The van der Waals surface area contributed by atoms with Gasteiger partial charge in [-0.05, 0) is 85.5 Å². The fourth-order valence-corrected chi connectivity index (χ4v) is 6.68. The van der Waals surface area contributed by atoms with Crippen LogP contribution < -0.4 is 0 Å². The summed E-state index contributed by atoms with van der Waals surface area (Å²) in [5.41, 5.74) is 0.819. The van der Waals surface area contributed by atoms with Crippen LogP contribution in [0.4, 0.5) is 0 Å². The summed E-state index contributed by atoms with van der Waals surface area (Å²) in [6, 6.07) is 0. The first-order valence-corrected chi connectivity index (χ1v) is 12.6. The van der Waals surface area contributed by atoms with E-state index in [0.717, 1.165) is 12.8 Å². The number of fused-ring (bicyclic) bond motifs is 1. The zero-order chi connectivity index (χ0) is 23.0. The largest absolute Gasteiger partial charge is 0.393 e. The summed E-state index contributed by atoms with van der Waals surface area (Å²) in [6.07, 6.45) is 12.4. The predicted octanol–water partition coefficient (Wildman–Crippen LogP) is 5.81. The Morgan fingerprint density at radius 3 is 2.45 bits per heavy atom. The number of hydrogen-bond donors (Lipinski definition) is 3. The smallest absolute Gasteiger partial charge is 0.117 e. The summed E-state index contributed by atoms with van der Waals surface area (Å²) in [5, 5.41) is 32.3. The average molecular weight is 431 g/mol. The molecule has 3 rings (SSSR count). The highest BCUT2D eigenvalue weighted by Crippen LogP contribution is 2.59. The summed E-state index contributed by atoms with van der Waals surface area (Å²) >= 11 is 0. The number of rotatable bonds is 6. The lowest BCUT2D eigenvalue weighted by Gasteiger charge is -2.45. The third kappa shape index (κ3) is 4.89. The second kappa shape index (κ2) is 9.53. The lowest BCUT2D eigenvalue weighted by atomic mass is 9.60. The molecule has 3 fully saturated rings. The number of hydrogen-bond acceptors (Lipinski definition) is 3. The molecule has 3 aliphatic rings. The van der Waals surface area contributed by atoms with Gasteiger partial charge in [0.15, 0.2) is 0 Å². The molecule has 0 aromatic carbocycles. The molecule has 176 valence electrons. The minimum Gasteiger partial charge on any atom is -0.393 e. The first-order valence-electron chi connectivity index (χ1n) is 12.6. The summed E-state index contributed by atoms with van der Waals surface area (Å²) in [6.45, 7) is 15.7. The van der Waals surface area contributed by atoms with Gasteiger partial charge in [-0.3, -0.25) is 0 Å². The van der Waals surface area contributed by atoms with Crippen molar-refractivity contribution in [3.05, 3.63) is 36.0 Å². The van der Waals surface area contributed by atoms with Crippen LogP contribution in [0.1, 0.15) is 86.0 Å². The Labute approximate surface area is 190 Å². The van der Waals surface area contributed by atoms with Crippen LogP contribution in [0.2, 0.25) is 0 Å². The van der Waals surface area contributed by atoms with Crippen molar-refractivity contribution < 1.29 is 15.3 Å². The van der Waals surface area contributed by atoms with Gasteiger partial charge in [0.25, 0.3) is 0 Å². The third-order valence-corrected chi connectivity index (χ3v) is 9.24. The molecule has 0 aliphatic heterocycles. The second-order valence-corrected chi connectivity index (χ2v) is 11.6. The van der Waals surface area contributed by atoms with Gasteiger partial charge in [0.1, 0.15) is 11.7 Å². The van der Waals surface area contributed by atoms with E-state index in [0.29, 0.717) is 48.0 Å². The fraction of sp³-hybridized carbons (Fsp3) is 0.786. The van der Waals surface area contributed by atoms with Gasteiger partial charge in [-0.25, -0.2) is 0 Å². The molecule has 0 heterocycles. The Balaban J connectivity index is 1.78. The molecule has 0 aromatic heterocycles. The Bertz CT molecular complexity index is 707. The number of aliphatic hydroxyl groups excluding tert-OH is 2. The van der Waals surface area contributed by atoms with Gasteiger partial charge in [-0.15, -0.1) is 0 Å². The molecular weight excluding hydrogens is 384 g/mol. The normalized spacial score (nSPS) is 41.0. The van der Waals surface area contributed by atoms with E-state index < -0.39 is 17.8 Å². The third-order valence-electron chi connectivity index (χ3n) is 9.24. The summed E-state index contributed by atoms with van der Waals surface area (Å²) < 4.78 is 0. The van der Waals surface area contributed by atoms with Crippen LogP contribution in [0.5, 0.6) is 0 Å². The highest BCUT2D eigenvalue weighted by atomic mass is 16.3. The van der Waals surface area contributed by atoms with E-state index >= 15 is 0 Å². The van der Waals surface area contributed by atoms with E-state index in [9.17, 15) is 15.3 Å². The Morgan fingerprint density at radius 2 is 1.77 bits per heavy atom. The maximum Gasteiger partial charge on any atom is 0.117 e. The highest BCUT2D eigenvalue weighted by molar-refractivity contribution is 5.27. The number of aliphatic hydroxyl groups is 3. The van der Waals surface area contributed by atoms with E-state index in [-0.39, 0.29) is 11.8 Å². The van der Waals surface area contributed by atoms with E-state index in [1.54, 1.807) is 0 Å². The molecule has 8 unspecified atom stereocenters. The Morgan fingerprint density at radius 1 is 1.06 bits per heavy atom. The molecule has 3 aliphatic carbocycles. The molecular formula is C28H46O3. The van der Waals surface area contributed by atoms with E-state index in [1.165, 1.54) is 24.8 Å². The first kappa shape index (κ1) is 24.7. The van der Waals surface area contributed by atoms with Gasteiger partial charge in [0.2, 0.25) is 0 Å². The molecule has 0 spiro atoms. The van der Waals surface area contributed by atoms with Crippen molar-refractivity contribution in [2.75, 3.05) is 0 Å². The second-order valence-electron chi connectivity index (χ2n) is 11.6. The zero-order valence-corrected chi connectivity index (χ0v) is 20.5. The van der Waals surface area contributed by atoms with Gasteiger partial charge in [-0.1, -0.05) is 65.0 Å². The van der Waals surface area contributed by atoms with Gasteiger partial charge < -0.3 is 15.3 Å². The zero-order valence-electron chi connectivity index (χ0n) is 20.5. The van der Waals surface area contributed by atoms with Crippen LogP contribution in [-0.2, 0) is 0 Å². The summed E-state index contributed by atoms with van der Waals surface area (Å²) in [4.78, 5) is 0. The van der Waals surface area contributed by atoms with Crippen LogP contribution in [0.15, 0.2) is 36.0 Å². The van der Waals surface area contributed by atoms with Crippen molar-refractivity contribution in [2.24, 2.45) is 35.0 Å². The van der Waals surface area contributed by atoms with Crippen LogP contribution >= 0.6 is 0 Å². The van der Waals surface area contributed by atoms with Crippen LogP contribution in [0.25, 0.3) is 0 Å². The molecule has 0 aromatic rings. The summed E-state index contributed by atoms with van der Waals surface area (Å²) in [5.74, 6) is 2.95. The average Bonchev–Trinajstić information content (AvgIpc) is 3.06. The Kier molecular flexibility index (Phi) is 7.61. The van der Waals surface area contributed by atoms with Crippen LogP contribution in [-0.4, -0.2) is 33.1 Å². The quantitative estimate of drug-likeness (QED) is 0.466. The predicted molar refractivity (Wildman–Crippen MR) is 129 cm³/mol. The maximum absolute atomic E-state index is 11.2. The molecule has 31 heavy (non-hydrogen) atoms. The minimum atomic E-state index is -1.40. The SMILES string of the molecule is C=C1CCC(O)CC1(O)C(O)/C=C1\CCCC2(C)C1CCC2C(C)/C=C/C(C)C(C)C. The highest BCUT2D eigenvalue weighted by Gasteiger charge is 2.51. The molecule has 0 amide bonds. The topological polar surface area (TPSA) is 60.7 Å². The van der Waals surface area contributed by atoms with Gasteiger partial charge in [-0.2, -0.15) is 0 Å². The monoisotopic (exact) mass is 430 g/mol. The molecule has 3 saturated carbocycles. The van der Waals surface area contributed by atoms with Crippen molar-refractivity contribution in [3.63, 3.8) is 0 Å². The molecule has 8 atom stereocenters. The van der Waals surface area contributed by atoms with E-state index in [4.69, 9.17) is 0 Å². The van der Waals surface area contributed by atoms with Crippen molar-refractivity contribution in [2.45, 2.75) is 104 Å². The molecule has 3 nitrogen and oxygen atoms in total. The van der Waals surface area contributed by atoms with Crippen LogP contribution in [0, 0.1) is 35.0 Å². The molecule has 3 heteroatoms. The molecule has 0 radical (unpaired) electrons. The number of allylic oxidation sites excluding steroid dienone is 3. The molecule has 0 bridgehead atoms. The summed E-state index contributed by atoms with van der Waals surface area (Å²) in [7, 11) is 0. The lowest BCUT2D eigenvalue weighted by Crippen LogP contribution is -2.48. The Hall–Kier alpha value is -0.900. The molecule has 3 N–H and O–H groups in total. The van der Waals surface area contributed by atoms with Crippen molar-refractivity contribution >= 4 is 0 Å². The van der Waals surface area contributed by atoms with Crippen molar-refractivity contribution in [1.82, 2.24) is 0 Å². The van der Waals surface area contributed by atoms with E-state index in [2.05, 4.69) is 53.3 Å². The molecule has 0 saturated heterocycles. The van der Waals surface area contributed by atoms with Gasteiger partial charge in [0.05, 0.1) is 6.10 Å². The van der Waals surface area contributed by atoms with Crippen LogP contribution in [0.3, 0.4) is 0 Å². The maximum atomic E-state index is 11.2. The lowest BCUT2D eigenvalue weighted by molar-refractivity contribution is -0.0705. The van der Waals surface area contributed by atoms with Gasteiger partial charge >= 0.3 is 0 Å². The minimum absolute atomic E-state index is 0.178. The van der Waals surface area contributed by atoms with Gasteiger partial charge in [0, 0.05) is 6.42 Å².